The van der Waals surface area contributed by atoms with Gasteiger partial charge in [-0.05, 0) is 69.2 Å². The number of benzene rings is 3. The van der Waals surface area contributed by atoms with Crippen LogP contribution in [0.3, 0.4) is 0 Å². The fraction of sp³-hybridized carbons (Fsp3) is 0.355. The van der Waals surface area contributed by atoms with E-state index in [9.17, 15) is 9.59 Å². The van der Waals surface area contributed by atoms with Crippen LogP contribution in [0.2, 0.25) is 10.0 Å². The maximum absolute atomic E-state index is 13.8. The Morgan fingerprint density at radius 1 is 1.03 bits per heavy atom. The van der Waals surface area contributed by atoms with Crippen LogP contribution in [-0.4, -0.2) is 35.9 Å². The van der Waals surface area contributed by atoms with Crippen LogP contribution >= 0.6 is 39.1 Å². The Balaban J connectivity index is 1.92. The van der Waals surface area contributed by atoms with Crippen molar-refractivity contribution in [3.63, 3.8) is 0 Å². The molecule has 2 amide bonds. The predicted molar refractivity (Wildman–Crippen MR) is 163 cm³/mol. The Kier molecular flexibility index (Phi) is 12.2. The van der Waals surface area contributed by atoms with Crippen molar-refractivity contribution < 1.29 is 14.3 Å². The van der Waals surface area contributed by atoms with Gasteiger partial charge >= 0.3 is 0 Å². The lowest BCUT2D eigenvalue weighted by atomic mass is 10.0. The maximum atomic E-state index is 13.8. The molecule has 0 spiro atoms. The first-order valence-electron chi connectivity index (χ1n) is 13.2. The highest BCUT2D eigenvalue weighted by Gasteiger charge is 2.31. The Morgan fingerprint density at radius 3 is 2.41 bits per heavy atom. The number of ether oxygens (including phenoxy) is 1. The molecule has 1 atom stereocenters. The second-order valence-corrected chi connectivity index (χ2v) is 11.4. The van der Waals surface area contributed by atoms with E-state index in [4.69, 9.17) is 27.9 Å². The topological polar surface area (TPSA) is 58.6 Å². The fourth-order valence-electron chi connectivity index (χ4n) is 4.11. The third-order valence-electron chi connectivity index (χ3n) is 6.43. The first kappa shape index (κ1) is 31.0. The van der Waals surface area contributed by atoms with Crippen LogP contribution in [0.4, 0.5) is 0 Å². The van der Waals surface area contributed by atoms with Gasteiger partial charge in [0.1, 0.15) is 11.8 Å². The van der Waals surface area contributed by atoms with Crippen LogP contribution in [0.25, 0.3) is 0 Å². The van der Waals surface area contributed by atoms with Crippen LogP contribution in [-0.2, 0) is 22.6 Å². The van der Waals surface area contributed by atoms with Crippen LogP contribution in [0.5, 0.6) is 5.75 Å². The first-order valence-corrected chi connectivity index (χ1v) is 14.7. The molecule has 0 aliphatic rings. The molecule has 0 saturated heterocycles. The molecule has 0 aliphatic heterocycles. The van der Waals surface area contributed by atoms with E-state index in [-0.39, 0.29) is 25.0 Å². The quantitative estimate of drug-likeness (QED) is 0.195. The number of hydrogen-bond acceptors (Lipinski definition) is 3. The minimum Gasteiger partial charge on any atom is -0.483 e. The van der Waals surface area contributed by atoms with Crippen molar-refractivity contribution in [2.45, 2.75) is 58.5 Å². The molecular formula is C31H35BrCl2N2O3. The highest BCUT2D eigenvalue weighted by atomic mass is 79.9. The van der Waals surface area contributed by atoms with E-state index >= 15 is 0 Å². The third kappa shape index (κ3) is 9.26. The molecule has 0 radical (unpaired) electrons. The summed E-state index contributed by atoms with van der Waals surface area (Å²) in [6, 6.07) is 19.9. The lowest BCUT2D eigenvalue weighted by molar-refractivity contribution is -0.142. The molecule has 0 aliphatic carbocycles. The largest absolute Gasteiger partial charge is 0.483 e. The summed E-state index contributed by atoms with van der Waals surface area (Å²) in [6.45, 7) is 6.72. The van der Waals surface area contributed by atoms with Gasteiger partial charge in [-0.15, -0.1) is 0 Å². The molecule has 0 bridgehead atoms. The number of amides is 2. The normalized spacial score (nSPS) is 11.8. The average molecular weight is 634 g/mol. The summed E-state index contributed by atoms with van der Waals surface area (Å²) in [5, 5.41) is 3.94. The molecule has 208 valence electrons. The lowest BCUT2D eigenvalue weighted by Gasteiger charge is -2.32. The zero-order valence-electron chi connectivity index (χ0n) is 22.6. The highest BCUT2D eigenvalue weighted by Crippen LogP contribution is 2.29. The number of unbranched alkanes of at least 4 members (excludes halogenated alkanes) is 1. The summed E-state index contributed by atoms with van der Waals surface area (Å²) in [5.41, 5.74) is 2.80. The van der Waals surface area contributed by atoms with Crippen molar-refractivity contribution >= 4 is 50.9 Å². The van der Waals surface area contributed by atoms with Gasteiger partial charge in [-0.1, -0.05) is 92.9 Å². The summed E-state index contributed by atoms with van der Waals surface area (Å²) in [4.78, 5) is 28.9. The molecule has 5 nitrogen and oxygen atoms in total. The number of hydrogen-bond donors (Lipinski definition) is 1. The van der Waals surface area contributed by atoms with E-state index in [1.54, 1.807) is 23.1 Å². The van der Waals surface area contributed by atoms with Crippen molar-refractivity contribution in [1.29, 1.82) is 0 Å². The zero-order valence-corrected chi connectivity index (χ0v) is 25.7. The van der Waals surface area contributed by atoms with Crippen LogP contribution in [0, 0.1) is 0 Å². The highest BCUT2D eigenvalue weighted by molar-refractivity contribution is 9.10. The van der Waals surface area contributed by atoms with Gasteiger partial charge in [0.05, 0.1) is 4.47 Å². The summed E-state index contributed by atoms with van der Waals surface area (Å²) < 4.78 is 6.73. The summed E-state index contributed by atoms with van der Waals surface area (Å²) in [7, 11) is 0. The molecular weight excluding hydrogens is 599 g/mol. The Labute approximate surface area is 250 Å². The van der Waals surface area contributed by atoms with Gasteiger partial charge < -0.3 is 15.0 Å². The predicted octanol–water partition coefficient (Wildman–Crippen LogP) is 7.81. The van der Waals surface area contributed by atoms with Gasteiger partial charge in [0.25, 0.3) is 5.91 Å². The molecule has 0 saturated carbocycles. The van der Waals surface area contributed by atoms with E-state index < -0.39 is 6.04 Å². The molecule has 3 aromatic carbocycles. The fourth-order valence-corrected chi connectivity index (χ4v) is 5.09. The van der Waals surface area contributed by atoms with E-state index in [1.807, 2.05) is 48.5 Å². The minimum absolute atomic E-state index is 0.129. The molecule has 3 rings (SSSR count). The summed E-state index contributed by atoms with van der Waals surface area (Å²) in [5.74, 6) is 0.381. The molecule has 0 aromatic heterocycles. The summed E-state index contributed by atoms with van der Waals surface area (Å²) in [6.07, 6.45) is 2.15. The maximum Gasteiger partial charge on any atom is 0.261 e. The third-order valence-corrected chi connectivity index (χ3v) is 7.64. The van der Waals surface area contributed by atoms with Gasteiger partial charge in [-0.25, -0.2) is 0 Å². The molecule has 8 heteroatoms. The SMILES string of the molecule is CCCCNC(=O)C(Cc1ccccc1)N(Cc1ccc(Cl)cc1Cl)C(=O)COc1ccc(C(C)C)cc1Br. The number of nitrogens with zero attached hydrogens (tertiary/aromatic N) is 1. The number of carbonyl (C=O) groups excluding carboxylic acids is 2. The van der Waals surface area contributed by atoms with Gasteiger partial charge in [-0.2, -0.15) is 0 Å². The van der Waals surface area contributed by atoms with E-state index in [0.29, 0.717) is 40.2 Å². The Hall–Kier alpha value is -2.54. The van der Waals surface area contributed by atoms with Gasteiger partial charge in [0.15, 0.2) is 6.61 Å². The van der Waals surface area contributed by atoms with Crippen molar-refractivity contribution in [1.82, 2.24) is 10.2 Å². The average Bonchev–Trinajstić information content (AvgIpc) is 2.91. The second kappa shape index (κ2) is 15.3. The van der Waals surface area contributed by atoms with E-state index in [2.05, 4.69) is 42.0 Å². The lowest BCUT2D eigenvalue weighted by Crippen LogP contribution is -2.51. The number of halogens is 3. The van der Waals surface area contributed by atoms with Gasteiger partial charge in [-0.3, -0.25) is 9.59 Å². The van der Waals surface area contributed by atoms with Crippen molar-refractivity contribution in [3.05, 3.63) is 97.9 Å². The number of rotatable bonds is 13. The first-order chi connectivity index (χ1) is 18.7. The molecule has 0 fully saturated rings. The summed E-state index contributed by atoms with van der Waals surface area (Å²) >= 11 is 16.2. The van der Waals surface area contributed by atoms with Crippen molar-refractivity contribution in [3.8, 4) is 5.75 Å². The standard InChI is InChI=1S/C31H35BrCl2N2O3/c1-4-5-15-35-31(38)28(16-22-9-7-6-8-10-22)36(19-24-11-13-25(33)18-27(24)34)30(37)20-39-29-14-12-23(21(2)3)17-26(29)32/h6-14,17-18,21,28H,4-5,15-16,19-20H2,1-3H3,(H,35,38). The van der Waals surface area contributed by atoms with Gasteiger partial charge in [0.2, 0.25) is 5.91 Å². The van der Waals surface area contributed by atoms with Gasteiger partial charge in [0, 0.05) is 29.6 Å². The van der Waals surface area contributed by atoms with Crippen LogP contribution in [0.1, 0.15) is 56.2 Å². The van der Waals surface area contributed by atoms with E-state index in [1.165, 1.54) is 0 Å². The molecule has 1 unspecified atom stereocenters. The number of carbonyl (C=O) groups is 2. The molecule has 0 heterocycles. The minimum atomic E-state index is -0.765. The Bertz CT molecular complexity index is 1250. The van der Waals surface area contributed by atoms with Crippen molar-refractivity contribution in [2.24, 2.45) is 0 Å². The van der Waals surface area contributed by atoms with E-state index in [0.717, 1.165) is 28.4 Å². The van der Waals surface area contributed by atoms with Crippen LogP contribution in [0.15, 0.2) is 71.2 Å². The zero-order chi connectivity index (χ0) is 28.4. The second-order valence-electron chi connectivity index (χ2n) is 9.74. The number of nitrogens with one attached hydrogen (secondary N) is 1. The molecule has 1 N–H and O–H groups in total. The van der Waals surface area contributed by atoms with Crippen LogP contribution < -0.4 is 10.1 Å². The monoisotopic (exact) mass is 632 g/mol. The molecule has 3 aromatic rings. The smallest absolute Gasteiger partial charge is 0.261 e. The Morgan fingerprint density at radius 2 is 1.77 bits per heavy atom. The molecule has 39 heavy (non-hydrogen) atoms. The van der Waals surface area contributed by atoms with Crippen molar-refractivity contribution in [2.75, 3.05) is 13.2 Å².